The van der Waals surface area contributed by atoms with Crippen LogP contribution in [0.5, 0.6) is 0 Å². The van der Waals surface area contributed by atoms with Crippen molar-refractivity contribution in [1.29, 1.82) is 0 Å². The molecule has 1 unspecified atom stereocenters. The quantitative estimate of drug-likeness (QED) is 0.888. The molecule has 1 aromatic rings. The van der Waals surface area contributed by atoms with E-state index in [4.69, 9.17) is 0 Å². The van der Waals surface area contributed by atoms with Crippen molar-refractivity contribution in [1.82, 2.24) is 14.9 Å². The number of nitrogens with one attached hydrogen (secondary N) is 1. The van der Waals surface area contributed by atoms with Crippen LogP contribution in [-0.2, 0) is 0 Å². The van der Waals surface area contributed by atoms with Crippen LogP contribution in [0.25, 0.3) is 0 Å². The van der Waals surface area contributed by atoms with E-state index in [0.717, 1.165) is 23.9 Å². The first-order valence-corrected chi connectivity index (χ1v) is 6.86. The van der Waals surface area contributed by atoms with Gasteiger partial charge in [0, 0.05) is 24.0 Å². The third-order valence-electron chi connectivity index (χ3n) is 3.63. The average molecular weight is 248 g/mol. The zero-order valence-corrected chi connectivity index (χ0v) is 11.9. The van der Waals surface area contributed by atoms with Gasteiger partial charge in [0.2, 0.25) is 5.95 Å². The molecular weight excluding hydrogens is 224 g/mol. The van der Waals surface area contributed by atoms with Crippen molar-refractivity contribution in [2.45, 2.75) is 45.6 Å². The van der Waals surface area contributed by atoms with Gasteiger partial charge in [-0.05, 0) is 45.3 Å². The summed E-state index contributed by atoms with van der Waals surface area (Å²) in [6.45, 7) is 8.50. The standard InChI is InChI=1S/C14H24N4/c1-10(2)13-8-11(3)16-14(17-13)15-9-12-6-5-7-18(12)4/h8,10,12H,5-7,9H2,1-4H3,(H,15,16,17). The molecule has 1 aromatic heterocycles. The Balaban J connectivity index is 2.00. The fraction of sp³-hybridized carbons (Fsp3) is 0.714. The molecule has 0 saturated carbocycles. The number of likely N-dealkylation sites (tertiary alicyclic amines) is 1. The van der Waals surface area contributed by atoms with Gasteiger partial charge in [-0.25, -0.2) is 9.97 Å². The molecule has 2 rings (SSSR count). The molecule has 0 aromatic carbocycles. The SMILES string of the molecule is Cc1cc(C(C)C)nc(NCC2CCCN2C)n1. The first-order chi connectivity index (χ1) is 8.56. The maximum absolute atomic E-state index is 4.58. The van der Waals surface area contributed by atoms with E-state index in [1.807, 2.05) is 6.92 Å². The van der Waals surface area contributed by atoms with E-state index in [-0.39, 0.29) is 0 Å². The lowest BCUT2D eigenvalue weighted by Crippen LogP contribution is -2.32. The molecule has 1 saturated heterocycles. The molecule has 0 bridgehead atoms. The molecule has 1 N–H and O–H groups in total. The maximum atomic E-state index is 4.58. The van der Waals surface area contributed by atoms with E-state index in [2.05, 4.69) is 47.1 Å². The van der Waals surface area contributed by atoms with E-state index in [9.17, 15) is 0 Å². The highest BCUT2D eigenvalue weighted by molar-refractivity contribution is 5.29. The minimum absolute atomic E-state index is 0.446. The number of aromatic nitrogens is 2. The van der Waals surface area contributed by atoms with Crippen LogP contribution in [-0.4, -0.2) is 41.0 Å². The minimum Gasteiger partial charge on any atom is -0.353 e. The lowest BCUT2D eigenvalue weighted by atomic mass is 10.1. The molecule has 0 amide bonds. The lowest BCUT2D eigenvalue weighted by Gasteiger charge is -2.20. The highest BCUT2D eigenvalue weighted by Crippen LogP contribution is 2.17. The zero-order valence-electron chi connectivity index (χ0n) is 11.9. The monoisotopic (exact) mass is 248 g/mol. The molecule has 0 radical (unpaired) electrons. The summed E-state index contributed by atoms with van der Waals surface area (Å²) in [5, 5.41) is 3.39. The summed E-state index contributed by atoms with van der Waals surface area (Å²) in [5.41, 5.74) is 2.15. The molecule has 1 aliphatic rings. The van der Waals surface area contributed by atoms with E-state index in [0.29, 0.717) is 12.0 Å². The van der Waals surface area contributed by atoms with Crippen molar-refractivity contribution >= 4 is 5.95 Å². The minimum atomic E-state index is 0.446. The normalized spacial score (nSPS) is 20.6. The number of nitrogens with zero attached hydrogens (tertiary/aromatic N) is 3. The van der Waals surface area contributed by atoms with Gasteiger partial charge in [0.05, 0.1) is 0 Å². The van der Waals surface area contributed by atoms with Gasteiger partial charge < -0.3 is 10.2 Å². The molecule has 0 aliphatic carbocycles. The first-order valence-electron chi connectivity index (χ1n) is 6.86. The van der Waals surface area contributed by atoms with Gasteiger partial charge >= 0.3 is 0 Å². The highest BCUT2D eigenvalue weighted by atomic mass is 15.2. The summed E-state index contributed by atoms with van der Waals surface area (Å²) in [4.78, 5) is 11.4. The fourth-order valence-corrected chi connectivity index (χ4v) is 2.41. The van der Waals surface area contributed by atoms with Gasteiger partial charge in [0.25, 0.3) is 0 Å². The molecule has 4 heteroatoms. The molecular formula is C14H24N4. The topological polar surface area (TPSA) is 41.1 Å². The van der Waals surface area contributed by atoms with Crippen LogP contribution in [0, 0.1) is 6.92 Å². The summed E-state index contributed by atoms with van der Waals surface area (Å²) in [7, 11) is 2.19. The van der Waals surface area contributed by atoms with Crippen molar-refractivity contribution < 1.29 is 0 Å². The van der Waals surface area contributed by atoms with Crippen molar-refractivity contribution in [2.24, 2.45) is 0 Å². The fourth-order valence-electron chi connectivity index (χ4n) is 2.41. The van der Waals surface area contributed by atoms with Gasteiger partial charge in [-0.15, -0.1) is 0 Å². The van der Waals surface area contributed by atoms with E-state index < -0.39 is 0 Å². The largest absolute Gasteiger partial charge is 0.353 e. The molecule has 1 fully saturated rings. The molecule has 1 aliphatic heterocycles. The van der Waals surface area contributed by atoms with Crippen molar-refractivity contribution in [3.05, 3.63) is 17.5 Å². The Bertz CT molecular complexity index is 403. The first kappa shape index (κ1) is 13.3. The smallest absolute Gasteiger partial charge is 0.223 e. The Morgan fingerprint density at radius 3 is 2.83 bits per heavy atom. The van der Waals surface area contributed by atoms with Crippen molar-refractivity contribution in [3.8, 4) is 0 Å². The molecule has 4 nitrogen and oxygen atoms in total. The second-order valence-corrected chi connectivity index (χ2v) is 5.57. The van der Waals surface area contributed by atoms with E-state index >= 15 is 0 Å². The second kappa shape index (κ2) is 5.65. The van der Waals surface area contributed by atoms with Crippen LogP contribution in [0.15, 0.2) is 6.07 Å². The van der Waals surface area contributed by atoms with Gasteiger partial charge in [-0.3, -0.25) is 0 Å². The third-order valence-corrected chi connectivity index (χ3v) is 3.63. The number of hydrogen-bond acceptors (Lipinski definition) is 4. The molecule has 100 valence electrons. The van der Waals surface area contributed by atoms with Crippen LogP contribution in [0.2, 0.25) is 0 Å². The zero-order chi connectivity index (χ0) is 13.1. The summed E-state index contributed by atoms with van der Waals surface area (Å²) < 4.78 is 0. The molecule has 18 heavy (non-hydrogen) atoms. The van der Waals surface area contributed by atoms with Crippen LogP contribution in [0.1, 0.15) is 44.0 Å². The summed E-state index contributed by atoms with van der Waals surface area (Å²) in [6, 6.07) is 2.69. The lowest BCUT2D eigenvalue weighted by molar-refractivity contribution is 0.322. The Kier molecular flexibility index (Phi) is 4.17. The Morgan fingerprint density at radius 1 is 1.44 bits per heavy atom. The number of aryl methyl sites for hydroxylation is 1. The summed E-state index contributed by atoms with van der Waals surface area (Å²) in [6.07, 6.45) is 2.57. The number of likely N-dealkylation sites (N-methyl/N-ethyl adjacent to an activating group) is 1. The van der Waals surface area contributed by atoms with Crippen LogP contribution < -0.4 is 5.32 Å². The summed E-state index contributed by atoms with van der Waals surface area (Å²) in [5.74, 6) is 1.22. The number of rotatable bonds is 4. The Hall–Kier alpha value is -1.16. The van der Waals surface area contributed by atoms with Crippen LogP contribution >= 0.6 is 0 Å². The number of hydrogen-bond donors (Lipinski definition) is 1. The molecule has 2 heterocycles. The van der Waals surface area contributed by atoms with Gasteiger partial charge in [0.15, 0.2) is 0 Å². The molecule has 1 atom stereocenters. The second-order valence-electron chi connectivity index (χ2n) is 5.57. The Labute approximate surface area is 110 Å². The maximum Gasteiger partial charge on any atom is 0.223 e. The van der Waals surface area contributed by atoms with Gasteiger partial charge in [0.1, 0.15) is 0 Å². The Morgan fingerprint density at radius 2 is 2.22 bits per heavy atom. The highest BCUT2D eigenvalue weighted by Gasteiger charge is 2.20. The van der Waals surface area contributed by atoms with E-state index in [1.54, 1.807) is 0 Å². The van der Waals surface area contributed by atoms with Gasteiger partial charge in [-0.2, -0.15) is 0 Å². The summed E-state index contributed by atoms with van der Waals surface area (Å²) >= 11 is 0. The van der Waals surface area contributed by atoms with Crippen molar-refractivity contribution in [3.63, 3.8) is 0 Å². The van der Waals surface area contributed by atoms with E-state index in [1.165, 1.54) is 19.4 Å². The predicted octanol–water partition coefficient (Wildman–Crippen LogP) is 2.41. The average Bonchev–Trinajstić information content (AvgIpc) is 2.71. The van der Waals surface area contributed by atoms with Gasteiger partial charge in [-0.1, -0.05) is 13.8 Å². The van der Waals surface area contributed by atoms with Crippen LogP contribution in [0.4, 0.5) is 5.95 Å². The van der Waals surface area contributed by atoms with Crippen LogP contribution in [0.3, 0.4) is 0 Å². The number of anilines is 1. The third kappa shape index (κ3) is 3.19. The van der Waals surface area contributed by atoms with Crippen molar-refractivity contribution in [2.75, 3.05) is 25.5 Å². The molecule has 0 spiro atoms. The predicted molar refractivity (Wildman–Crippen MR) is 75.0 cm³/mol.